The number of aromatic nitrogens is 2. The van der Waals surface area contributed by atoms with Crippen LogP contribution in [0, 0.1) is 5.92 Å². The summed E-state index contributed by atoms with van der Waals surface area (Å²) in [7, 11) is 0. The maximum absolute atomic E-state index is 10.2. The van der Waals surface area contributed by atoms with E-state index in [0.717, 1.165) is 24.1 Å². The Hall–Kier alpha value is -0.990. The van der Waals surface area contributed by atoms with Gasteiger partial charge < -0.3 is 5.11 Å². The smallest absolute Gasteiger partial charge is 0.213 e. The molecule has 16 heavy (non-hydrogen) atoms. The summed E-state index contributed by atoms with van der Waals surface area (Å²) in [6.45, 7) is 12.6. The number of hydrogen-bond donors (Lipinski definition) is 1. The van der Waals surface area contributed by atoms with Crippen LogP contribution in [0.15, 0.2) is 0 Å². The molecule has 1 aromatic heterocycles. The molecule has 3 nitrogen and oxygen atoms in total. The van der Waals surface area contributed by atoms with E-state index >= 15 is 0 Å². The van der Waals surface area contributed by atoms with Crippen molar-refractivity contribution in [2.24, 2.45) is 5.92 Å². The minimum absolute atomic E-state index is 0.163. The van der Waals surface area contributed by atoms with Crippen molar-refractivity contribution < 1.29 is 5.11 Å². The first-order valence-electron chi connectivity index (χ1n) is 6.07. The topological polar surface area (TPSA) is 38.0 Å². The lowest BCUT2D eigenvalue weighted by Gasteiger charge is -2.20. The number of nitrogens with zero attached hydrogens (tertiary/aromatic N) is 2. The predicted octanol–water partition coefficient (Wildman–Crippen LogP) is 3.10. The van der Waals surface area contributed by atoms with E-state index in [1.165, 1.54) is 0 Å². The number of hydrogen-bond acceptors (Lipinski definition) is 2. The molecule has 0 spiro atoms. The summed E-state index contributed by atoms with van der Waals surface area (Å²) in [5.41, 5.74) is 1.89. The second-order valence-corrected chi connectivity index (χ2v) is 5.78. The highest BCUT2D eigenvalue weighted by Crippen LogP contribution is 2.29. The first kappa shape index (κ1) is 13.1. The number of aryl methyl sites for hydroxylation is 1. The van der Waals surface area contributed by atoms with Crippen LogP contribution >= 0.6 is 0 Å². The van der Waals surface area contributed by atoms with Gasteiger partial charge >= 0.3 is 0 Å². The van der Waals surface area contributed by atoms with E-state index in [0.29, 0.717) is 11.8 Å². The van der Waals surface area contributed by atoms with Crippen molar-refractivity contribution in [2.45, 2.75) is 59.9 Å². The number of aromatic hydroxyl groups is 1. The van der Waals surface area contributed by atoms with Crippen molar-refractivity contribution in [1.82, 2.24) is 9.78 Å². The molecule has 0 atom stereocenters. The Bertz CT molecular complexity index is 359. The monoisotopic (exact) mass is 224 g/mol. The van der Waals surface area contributed by atoms with Gasteiger partial charge in [-0.25, -0.2) is 4.68 Å². The highest BCUT2D eigenvalue weighted by molar-refractivity contribution is 5.32. The van der Waals surface area contributed by atoms with Gasteiger partial charge in [0.25, 0.3) is 0 Å². The highest BCUT2D eigenvalue weighted by atomic mass is 16.3. The zero-order valence-electron chi connectivity index (χ0n) is 11.3. The van der Waals surface area contributed by atoms with Gasteiger partial charge in [0.1, 0.15) is 0 Å². The minimum Gasteiger partial charge on any atom is -0.493 e. The molecule has 0 aliphatic rings. The van der Waals surface area contributed by atoms with Crippen LogP contribution in [0.25, 0.3) is 0 Å². The molecule has 0 fully saturated rings. The van der Waals surface area contributed by atoms with Gasteiger partial charge in [-0.05, 0) is 39.5 Å². The molecule has 1 heterocycles. The van der Waals surface area contributed by atoms with Crippen molar-refractivity contribution in [3.63, 3.8) is 0 Å². The average molecular weight is 224 g/mol. The Labute approximate surface area is 98.5 Å². The standard InChI is InChI=1S/C13H24N2O/c1-7-11-10(8-9(2)3)12(16)15(14-11)13(4,5)6/h9,16H,7-8H2,1-6H3. The van der Waals surface area contributed by atoms with Crippen LogP contribution in [0.4, 0.5) is 0 Å². The summed E-state index contributed by atoms with van der Waals surface area (Å²) < 4.78 is 1.74. The molecule has 0 amide bonds. The van der Waals surface area contributed by atoms with Crippen molar-refractivity contribution >= 4 is 0 Å². The minimum atomic E-state index is -0.163. The molecule has 0 radical (unpaired) electrons. The molecule has 0 aliphatic carbocycles. The van der Waals surface area contributed by atoms with E-state index in [2.05, 4.69) is 46.6 Å². The zero-order chi connectivity index (χ0) is 12.5. The van der Waals surface area contributed by atoms with E-state index in [-0.39, 0.29) is 5.54 Å². The summed E-state index contributed by atoms with van der Waals surface area (Å²) >= 11 is 0. The van der Waals surface area contributed by atoms with Gasteiger partial charge in [-0.2, -0.15) is 5.10 Å². The molecular formula is C13H24N2O. The van der Waals surface area contributed by atoms with E-state index in [1.807, 2.05) is 0 Å². The molecule has 0 saturated heterocycles. The molecular weight excluding hydrogens is 200 g/mol. The van der Waals surface area contributed by atoms with Crippen LogP contribution in [-0.4, -0.2) is 14.9 Å². The lowest BCUT2D eigenvalue weighted by atomic mass is 10.0. The summed E-state index contributed by atoms with van der Waals surface area (Å²) in [4.78, 5) is 0. The molecule has 0 aliphatic heterocycles. The normalized spacial score (nSPS) is 12.4. The first-order chi connectivity index (χ1) is 7.27. The van der Waals surface area contributed by atoms with E-state index in [9.17, 15) is 5.11 Å². The van der Waals surface area contributed by atoms with Crippen LogP contribution in [0.3, 0.4) is 0 Å². The largest absolute Gasteiger partial charge is 0.493 e. The van der Waals surface area contributed by atoms with Crippen LogP contribution in [0.2, 0.25) is 0 Å². The lowest BCUT2D eigenvalue weighted by molar-refractivity contribution is 0.292. The summed E-state index contributed by atoms with van der Waals surface area (Å²) in [6, 6.07) is 0. The second kappa shape index (κ2) is 4.48. The summed E-state index contributed by atoms with van der Waals surface area (Å²) in [5.74, 6) is 0.881. The third-order valence-corrected chi connectivity index (χ3v) is 2.62. The van der Waals surface area contributed by atoms with Gasteiger partial charge in [0.2, 0.25) is 5.88 Å². The first-order valence-corrected chi connectivity index (χ1v) is 6.07. The lowest BCUT2D eigenvalue weighted by Crippen LogP contribution is -2.22. The Morgan fingerprint density at radius 1 is 1.31 bits per heavy atom. The summed E-state index contributed by atoms with van der Waals surface area (Å²) in [6.07, 6.45) is 1.77. The predicted molar refractivity (Wildman–Crippen MR) is 66.8 cm³/mol. The molecule has 92 valence electrons. The average Bonchev–Trinajstić information content (AvgIpc) is 2.42. The molecule has 1 N–H and O–H groups in total. The fourth-order valence-electron chi connectivity index (χ4n) is 1.85. The summed E-state index contributed by atoms with van der Waals surface area (Å²) in [5, 5.41) is 14.7. The highest BCUT2D eigenvalue weighted by Gasteiger charge is 2.24. The van der Waals surface area contributed by atoms with Crippen LogP contribution in [0.5, 0.6) is 5.88 Å². The van der Waals surface area contributed by atoms with Gasteiger partial charge in [0, 0.05) is 5.56 Å². The maximum atomic E-state index is 10.2. The third-order valence-electron chi connectivity index (χ3n) is 2.62. The number of rotatable bonds is 3. The Morgan fingerprint density at radius 3 is 2.25 bits per heavy atom. The van der Waals surface area contributed by atoms with E-state index in [1.54, 1.807) is 4.68 Å². The third kappa shape index (κ3) is 2.57. The Balaban J connectivity index is 3.21. The van der Waals surface area contributed by atoms with E-state index in [4.69, 9.17) is 0 Å². The molecule has 1 aromatic rings. The molecule has 0 bridgehead atoms. The maximum Gasteiger partial charge on any atom is 0.213 e. The van der Waals surface area contributed by atoms with Gasteiger partial charge in [0.15, 0.2) is 0 Å². The van der Waals surface area contributed by atoms with Gasteiger partial charge in [-0.15, -0.1) is 0 Å². The van der Waals surface area contributed by atoms with Crippen LogP contribution in [0.1, 0.15) is 52.8 Å². The fraction of sp³-hybridized carbons (Fsp3) is 0.769. The van der Waals surface area contributed by atoms with E-state index < -0.39 is 0 Å². The molecule has 0 aromatic carbocycles. The van der Waals surface area contributed by atoms with Crippen molar-refractivity contribution in [3.05, 3.63) is 11.3 Å². The van der Waals surface area contributed by atoms with Crippen LogP contribution in [-0.2, 0) is 18.4 Å². The van der Waals surface area contributed by atoms with Crippen molar-refractivity contribution in [2.75, 3.05) is 0 Å². The zero-order valence-corrected chi connectivity index (χ0v) is 11.3. The molecule has 0 saturated carbocycles. The molecule has 1 rings (SSSR count). The van der Waals surface area contributed by atoms with Crippen molar-refractivity contribution in [1.29, 1.82) is 0 Å². The Morgan fingerprint density at radius 2 is 1.88 bits per heavy atom. The quantitative estimate of drug-likeness (QED) is 0.856. The Kier molecular flexibility index (Phi) is 3.66. The fourth-order valence-corrected chi connectivity index (χ4v) is 1.85. The van der Waals surface area contributed by atoms with Gasteiger partial charge in [0.05, 0.1) is 11.2 Å². The van der Waals surface area contributed by atoms with Crippen LogP contribution < -0.4 is 0 Å². The molecule has 0 unspecified atom stereocenters. The second-order valence-electron chi connectivity index (χ2n) is 5.78. The van der Waals surface area contributed by atoms with Crippen molar-refractivity contribution in [3.8, 4) is 5.88 Å². The SMILES string of the molecule is CCc1nn(C(C)(C)C)c(O)c1CC(C)C. The van der Waals surface area contributed by atoms with Gasteiger partial charge in [-0.1, -0.05) is 20.8 Å². The molecule has 3 heteroatoms. The van der Waals surface area contributed by atoms with Gasteiger partial charge in [-0.3, -0.25) is 0 Å².